The van der Waals surface area contributed by atoms with Crippen LogP contribution in [0.3, 0.4) is 0 Å². The Balaban J connectivity index is 1.86. The van der Waals surface area contributed by atoms with Crippen LogP contribution in [0.1, 0.15) is 61.4 Å². The maximum absolute atomic E-state index is 13.0. The van der Waals surface area contributed by atoms with Crippen molar-refractivity contribution in [3.8, 4) is 11.5 Å². The second-order valence-electron chi connectivity index (χ2n) is 9.54. The van der Waals surface area contributed by atoms with Crippen molar-refractivity contribution in [2.45, 2.75) is 64.1 Å². The van der Waals surface area contributed by atoms with Gasteiger partial charge in [0, 0.05) is 38.6 Å². The molecule has 2 aliphatic rings. The van der Waals surface area contributed by atoms with Gasteiger partial charge in [-0.2, -0.15) is 0 Å². The molecule has 1 saturated heterocycles. The number of ether oxygens (including phenoxy) is 2. The largest absolute Gasteiger partial charge is 0.508 e. The quantitative estimate of drug-likeness (QED) is 0.211. The SMILES string of the molecule is C[C@@H]1C/C=C/C(OCCCN)C/C=C/C(=N\OCC(=O)N2CCCCC2)Cc2cc(O)cc(O)c2C(=O)O1. The van der Waals surface area contributed by atoms with Gasteiger partial charge in [-0.3, -0.25) is 4.79 Å². The number of hydrogen-bond acceptors (Lipinski definition) is 9. The number of oxime groups is 1. The fourth-order valence-electron chi connectivity index (χ4n) is 4.34. The molecular weight excluding hydrogens is 490 g/mol. The fraction of sp³-hybridized carbons (Fsp3) is 0.536. The van der Waals surface area contributed by atoms with Crippen LogP contribution in [0.15, 0.2) is 41.6 Å². The highest BCUT2D eigenvalue weighted by atomic mass is 16.6. The summed E-state index contributed by atoms with van der Waals surface area (Å²) in [6, 6.07) is 2.48. The number of fused-ring (bicyclic) bond motifs is 1. The summed E-state index contributed by atoms with van der Waals surface area (Å²) in [5, 5.41) is 24.8. The van der Waals surface area contributed by atoms with Gasteiger partial charge in [-0.15, -0.1) is 0 Å². The Hall–Kier alpha value is -3.37. The summed E-state index contributed by atoms with van der Waals surface area (Å²) < 4.78 is 11.5. The average molecular weight is 530 g/mol. The maximum atomic E-state index is 13.0. The van der Waals surface area contributed by atoms with Gasteiger partial charge in [-0.1, -0.05) is 23.4 Å². The van der Waals surface area contributed by atoms with E-state index in [-0.39, 0.29) is 36.4 Å². The lowest BCUT2D eigenvalue weighted by Crippen LogP contribution is -2.37. The molecule has 3 rings (SSSR count). The Kier molecular flexibility index (Phi) is 11.6. The lowest BCUT2D eigenvalue weighted by atomic mass is 9.99. The van der Waals surface area contributed by atoms with E-state index in [2.05, 4.69) is 5.16 Å². The van der Waals surface area contributed by atoms with Crippen LogP contribution in [-0.2, 0) is 25.5 Å². The van der Waals surface area contributed by atoms with Gasteiger partial charge in [-0.05, 0) is 63.3 Å². The summed E-state index contributed by atoms with van der Waals surface area (Å²) in [5.41, 5.74) is 6.25. The van der Waals surface area contributed by atoms with Crippen LogP contribution in [0.5, 0.6) is 11.5 Å². The molecule has 2 atom stereocenters. The number of nitrogens with zero attached hydrogens (tertiary/aromatic N) is 2. The van der Waals surface area contributed by atoms with Crippen molar-refractivity contribution in [1.29, 1.82) is 0 Å². The topological polar surface area (TPSA) is 144 Å². The van der Waals surface area contributed by atoms with Gasteiger partial charge in [0.2, 0.25) is 0 Å². The number of amides is 1. The van der Waals surface area contributed by atoms with Crippen LogP contribution in [0.25, 0.3) is 0 Å². The van der Waals surface area contributed by atoms with Crippen LogP contribution in [-0.4, -0.2) is 77.8 Å². The number of carbonyl (C=O) groups is 2. The highest BCUT2D eigenvalue weighted by molar-refractivity contribution is 6.00. The number of piperidine rings is 1. The zero-order valence-corrected chi connectivity index (χ0v) is 22.0. The standard InChI is InChI=1S/C28H39N3O7/c1-20-8-5-10-24(36-15-7-12-29)11-6-9-22(30-37-19-26(34)31-13-3-2-4-14-31)16-21-17-23(32)18-25(33)27(21)28(35)38-20/h5-6,9-10,17-18,20,24,32-33H,2-4,7-8,11-16,19,29H2,1H3/b9-6+,10-5+,30-22+/t20-,24?/m1/s1. The zero-order valence-electron chi connectivity index (χ0n) is 22.0. The Labute approximate surface area is 223 Å². The number of allylic oxidation sites excluding steroid dienone is 1. The molecule has 10 nitrogen and oxygen atoms in total. The van der Waals surface area contributed by atoms with Gasteiger partial charge < -0.3 is 35.2 Å². The summed E-state index contributed by atoms with van der Waals surface area (Å²) in [6.45, 7) is 4.02. The molecule has 4 N–H and O–H groups in total. The first kappa shape index (κ1) is 29.2. The van der Waals surface area contributed by atoms with Crippen molar-refractivity contribution in [2.75, 3.05) is 32.8 Å². The van der Waals surface area contributed by atoms with Crippen LogP contribution < -0.4 is 5.73 Å². The first-order valence-electron chi connectivity index (χ1n) is 13.2. The smallest absolute Gasteiger partial charge is 0.342 e. The number of phenolic OH excluding ortho intramolecular Hbond substituents is 2. The molecule has 208 valence electrons. The summed E-state index contributed by atoms with van der Waals surface area (Å²) in [7, 11) is 0. The van der Waals surface area contributed by atoms with Crippen LogP contribution in [0, 0.1) is 0 Å². The third-order valence-corrected chi connectivity index (χ3v) is 6.32. The Morgan fingerprint density at radius 3 is 2.74 bits per heavy atom. The van der Waals surface area contributed by atoms with Gasteiger partial charge in [0.05, 0.1) is 11.8 Å². The predicted molar refractivity (Wildman–Crippen MR) is 143 cm³/mol. The molecule has 0 aliphatic carbocycles. The minimum Gasteiger partial charge on any atom is -0.508 e. The molecular formula is C28H39N3O7. The number of hydrogen-bond donors (Lipinski definition) is 3. The van der Waals surface area contributed by atoms with Crippen LogP contribution in [0.4, 0.5) is 0 Å². The van der Waals surface area contributed by atoms with Crippen molar-refractivity contribution in [2.24, 2.45) is 10.9 Å². The minimum absolute atomic E-state index is 0.0454. The number of cyclic esters (lactones) is 1. The van der Waals surface area contributed by atoms with Gasteiger partial charge in [-0.25, -0.2) is 4.79 Å². The molecule has 0 bridgehead atoms. The van der Waals surface area contributed by atoms with E-state index in [9.17, 15) is 19.8 Å². The van der Waals surface area contributed by atoms with Crippen LogP contribution >= 0.6 is 0 Å². The number of likely N-dealkylation sites (tertiary alicyclic amines) is 1. The molecule has 2 aliphatic heterocycles. The molecule has 2 heterocycles. The Morgan fingerprint density at radius 1 is 1.18 bits per heavy atom. The maximum Gasteiger partial charge on any atom is 0.342 e. The van der Waals surface area contributed by atoms with Gasteiger partial charge in [0.15, 0.2) is 6.61 Å². The number of aromatic hydroxyl groups is 2. The van der Waals surface area contributed by atoms with Crippen LogP contribution in [0.2, 0.25) is 0 Å². The van der Waals surface area contributed by atoms with E-state index in [0.717, 1.165) is 31.7 Å². The van der Waals surface area contributed by atoms with E-state index in [4.69, 9.17) is 20.0 Å². The molecule has 0 aromatic heterocycles. The third kappa shape index (κ3) is 9.18. The van der Waals surface area contributed by atoms with Crippen molar-refractivity contribution in [3.05, 3.63) is 47.6 Å². The van der Waals surface area contributed by atoms with Crippen molar-refractivity contribution in [3.63, 3.8) is 0 Å². The van der Waals surface area contributed by atoms with E-state index in [1.54, 1.807) is 17.9 Å². The molecule has 0 saturated carbocycles. The van der Waals surface area contributed by atoms with Gasteiger partial charge in [0.25, 0.3) is 5.91 Å². The molecule has 1 fully saturated rings. The summed E-state index contributed by atoms with van der Waals surface area (Å²) in [5.74, 6) is -1.44. The first-order chi connectivity index (χ1) is 18.4. The molecule has 10 heteroatoms. The predicted octanol–water partition coefficient (Wildman–Crippen LogP) is 3.21. The van der Waals surface area contributed by atoms with Gasteiger partial charge >= 0.3 is 5.97 Å². The van der Waals surface area contributed by atoms with E-state index in [0.29, 0.717) is 50.4 Å². The fourth-order valence-corrected chi connectivity index (χ4v) is 4.34. The Morgan fingerprint density at radius 2 is 1.97 bits per heavy atom. The lowest BCUT2D eigenvalue weighted by molar-refractivity contribution is -0.137. The minimum atomic E-state index is -0.712. The number of phenols is 2. The Bertz CT molecular complexity index is 1030. The zero-order chi connectivity index (χ0) is 27.3. The van der Waals surface area contributed by atoms with E-state index in [1.807, 2.05) is 18.2 Å². The van der Waals surface area contributed by atoms with E-state index < -0.39 is 17.8 Å². The van der Waals surface area contributed by atoms with E-state index >= 15 is 0 Å². The normalized spacial score (nSPS) is 23.7. The third-order valence-electron chi connectivity index (χ3n) is 6.32. The lowest BCUT2D eigenvalue weighted by Gasteiger charge is -2.26. The molecule has 38 heavy (non-hydrogen) atoms. The second-order valence-corrected chi connectivity index (χ2v) is 9.54. The van der Waals surface area contributed by atoms with Crippen molar-refractivity contribution < 1.29 is 34.1 Å². The average Bonchev–Trinajstić information content (AvgIpc) is 2.88. The molecule has 1 aromatic rings. The summed E-state index contributed by atoms with van der Waals surface area (Å²) in [4.78, 5) is 32.7. The molecule has 1 amide bonds. The highest BCUT2D eigenvalue weighted by Crippen LogP contribution is 2.29. The number of nitrogens with two attached hydrogens (primary N) is 1. The van der Waals surface area contributed by atoms with E-state index in [1.165, 1.54) is 6.07 Å². The molecule has 1 unspecified atom stereocenters. The molecule has 0 radical (unpaired) electrons. The highest BCUT2D eigenvalue weighted by Gasteiger charge is 2.23. The van der Waals surface area contributed by atoms with Gasteiger partial charge in [0.1, 0.15) is 23.2 Å². The first-order valence-corrected chi connectivity index (χ1v) is 13.2. The molecule has 1 aromatic carbocycles. The van der Waals surface area contributed by atoms with Crippen molar-refractivity contribution >= 4 is 17.6 Å². The number of benzene rings is 1. The second kappa shape index (κ2) is 15.1. The number of carbonyl (C=O) groups excluding carboxylic acids is 2. The number of esters is 1. The molecule has 0 spiro atoms. The number of rotatable bonds is 7. The summed E-state index contributed by atoms with van der Waals surface area (Å²) in [6.07, 6.45) is 11.6. The summed E-state index contributed by atoms with van der Waals surface area (Å²) >= 11 is 0. The van der Waals surface area contributed by atoms with Crippen molar-refractivity contribution in [1.82, 2.24) is 4.90 Å². The monoisotopic (exact) mass is 529 g/mol.